The van der Waals surface area contributed by atoms with Crippen LogP contribution in [0.2, 0.25) is 0 Å². The van der Waals surface area contributed by atoms with Gasteiger partial charge in [0, 0.05) is 29.9 Å². The van der Waals surface area contributed by atoms with Gasteiger partial charge in [0.25, 0.3) is 0 Å². The standard InChI is InChI=1S/C23H23F4N5O3/c1-22(2,3)35-21(34)32-12-15(24)6-18(32)20(33)31-11-16-7-17(14(8-28)10-29-16)13-4-5-19(30-9-13)23(25,26)27/h4-5,7,9-10,15,18H,6,11-12H2,1-3H3,(H,31,33)/t15-,18?/m1/s1. The molecule has 0 aliphatic carbocycles. The van der Waals surface area contributed by atoms with Crippen LogP contribution in [0.25, 0.3) is 11.1 Å². The molecule has 0 radical (unpaired) electrons. The van der Waals surface area contributed by atoms with Crippen molar-refractivity contribution >= 4 is 12.0 Å². The number of nitrogens with zero attached hydrogens (tertiary/aromatic N) is 4. The van der Waals surface area contributed by atoms with E-state index in [9.17, 15) is 32.4 Å². The first-order chi connectivity index (χ1) is 16.3. The number of pyridine rings is 2. The second-order valence-corrected chi connectivity index (χ2v) is 8.96. The number of hydrogen-bond donors (Lipinski definition) is 1. The minimum absolute atomic E-state index is 0.105. The van der Waals surface area contributed by atoms with Crippen molar-refractivity contribution in [1.29, 1.82) is 5.26 Å². The quantitative estimate of drug-likeness (QED) is 0.645. The lowest BCUT2D eigenvalue weighted by atomic mass is 10.0. The van der Waals surface area contributed by atoms with E-state index in [-0.39, 0.29) is 36.2 Å². The maximum Gasteiger partial charge on any atom is 0.433 e. The monoisotopic (exact) mass is 493 g/mol. The Hall–Kier alpha value is -3.75. The van der Waals surface area contributed by atoms with E-state index in [1.165, 1.54) is 18.3 Å². The largest absolute Gasteiger partial charge is 0.444 e. The first-order valence-corrected chi connectivity index (χ1v) is 10.6. The molecule has 2 aromatic heterocycles. The third kappa shape index (κ3) is 6.44. The highest BCUT2D eigenvalue weighted by Crippen LogP contribution is 2.30. The molecule has 1 unspecified atom stereocenters. The van der Waals surface area contributed by atoms with E-state index in [4.69, 9.17) is 4.74 Å². The number of likely N-dealkylation sites (tertiary alicyclic amines) is 1. The van der Waals surface area contributed by atoms with E-state index in [1.54, 1.807) is 20.8 Å². The van der Waals surface area contributed by atoms with E-state index in [0.29, 0.717) is 5.69 Å². The molecular formula is C23H23F4N5O3. The summed E-state index contributed by atoms with van der Waals surface area (Å²) in [6.45, 7) is 4.57. The van der Waals surface area contributed by atoms with Gasteiger partial charge in [-0.1, -0.05) is 6.07 Å². The Labute approximate surface area is 198 Å². The van der Waals surface area contributed by atoms with Crippen LogP contribution in [0.15, 0.2) is 30.6 Å². The van der Waals surface area contributed by atoms with E-state index < -0.39 is 41.7 Å². The molecule has 1 aliphatic heterocycles. The molecule has 3 rings (SSSR count). The zero-order valence-corrected chi connectivity index (χ0v) is 19.2. The van der Waals surface area contributed by atoms with Gasteiger partial charge in [0.15, 0.2) is 0 Å². The summed E-state index contributed by atoms with van der Waals surface area (Å²) in [5.41, 5.74) is -0.939. The molecule has 1 N–H and O–H groups in total. The number of nitriles is 1. The molecule has 0 spiro atoms. The van der Waals surface area contributed by atoms with E-state index in [0.717, 1.165) is 17.2 Å². The van der Waals surface area contributed by atoms with Crippen LogP contribution in [0.4, 0.5) is 22.4 Å². The number of alkyl halides is 4. The second kappa shape index (κ2) is 9.85. The van der Waals surface area contributed by atoms with Crippen LogP contribution >= 0.6 is 0 Å². The summed E-state index contributed by atoms with van der Waals surface area (Å²) in [5, 5.41) is 11.9. The Morgan fingerprint density at radius 2 is 1.94 bits per heavy atom. The first-order valence-electron chi connectivity index (χ1n) is 10.6. The van der Waals surface area contributed by atoms with Crippen LogP contribution in [0.5, 0.6) is 0 Å². The highest BCUT2D eigenvalue weighted by atomic mass is 19.4. The Bertz CT molecular complexity index is 1140. The maximum atomic E-state index is 14.0. The lowest BCUT2D eigenvalue weighted by Crippen LogP contribution is -2.47. The third-order valence-corrected chi connectivity index (χ3v) is 5.07. The molecule has 1 fully saturated rings. The number of carbonyl (C=O) groups is 2. The third-order valence-electron chi connectivity index (χ3n) is 5.07. The fourth-order valence-corrected chi connectivity index (χ4v) is 3.50. The van der Waals surface area contributed by atoms with Crippen molar-refractivity contribution in [2.24, 2.45) is 0 Å². The van der Waals surface area contributed by atoms with E-state index in [1.807, 2.05) is 6.07 Å². The highest BCUT2D eigenvalue weighted by Gasteiger charge is 2.41. The number of hydrogen-bond acceptors (Lipinski definition) is 6. The lowest BCUT2D eigenvalue weighted by molar-refractivity contribution is -0.141. The number of amides is 2. The fraction of sp³-hybridized carbons (Fsp3) is 0.435. The zero-order valence-electron chi connectivity index (χ0n) is 19.2. The van der Waals surface area contributed by atoms with Crippen LogP contribution in [0, 0.1) is 11.3 Å². The predicted molar refractivity (Wildman–Crippen MR) is 115 cm³/mol. The van der Waals surface area contributed by atoms with E-state index in [2.05, 4.69) is 15.3 Å². The van der Waals surface area contributed by atoms with Gasteiger partial charge in [-0.05, 0) is 32.9 Å². The van der Waals surface area contributed by atoms with Crippen LogP contribution in [-0.4, -0.2) is 51.2 Å². The molecule has 3 heterocycles. The molecule has 2 atom stereocenters. The van der Waals surface area contributed by atoms with Crippen LogP contribution in [0.3, 0.4) is 0 Å². The second-order valence-electron chi connectivity index (χ2n) is 8.96. The van der Waals surface area contributed by atoms with Gasteiger partial charge in [0.2, 0.25) is 5.91 Å². The number of ether oxygens (including phenoxy) is 1. The van der Waals surface area contributed by atoms with E-state index >= 15 is 0 Å². The summed E-state index contributed by atoms with van der Waals surface area (Å²) in [4.78, 5) is 33.7. The smallest absolute Gasteiger partial charge is 0.433 e. The topological polar surface area (TPSA) is 108 Å². The van der Waals surface area contributed by atoms with Gasteiger partial charge >= 0.3 is 12.3 Å². The fourth-order valence-electron chi connectivity index (χ4n) is 3.50. The molecule has 2 aromatic rings. The molecule has 0 bridgehead atoms. The number of rotatable bonds is 4. The van der Waals surface area contributed by atoms with Crippen molar-refractivity contribution in [3.63, 3.8) is 0 Å². The molecule has 8 nitrogen and oxygen atoms in total. The lowest BCUT2D eigenvalue weighted by Gasteiger charge is -2.27. The normalized spacial score (nSPS) is 18.2. The Kier molecular flexibility index (Phi) is 7.28. The van der Waals surface area contributed by atoms with Gasteiger partial charge in [-0.3, -0.25) is 19.7 Å². The molecular weight excluding hydrogens is 470 g/mol. The first kappa shape index (κ1) is 25.9. The average molecular weight is 493 g/mol. The molecule has 1 saturated heterocycles. The SMILES string of the molecule is CC(C)(C)OC(=O)N1C[C@H](F)CC1C(=O)NCc1cc(-c2ccc(C(F)(F)F)nc2)c(C#N)cn1. The van der Waals surface area contributed by atoms with Crippen molar-refractivity contribution in [3.8, 4) is 17.2 Å². The molecule has 0 saturated carbocycles. The van der Waals surface area contributed by atoms with Gasteiger partial charge < -0.3 is 10.1 Å². The summed E-state index contributed by atoms with van der Waals surface area (Å²) in [5.74, 6) is -0.611. The molecule has 12 heteroatoms. The van der Waals surface area contributed by atoms with Crippen molar-refractivity contribution in [2.75, 3.05) is 6.54 Å². The van der Waals surface area contributed by atoms with Gasteiger partial charge in [-0.2, -0.15) is 18.4 Å². The predicted octanol–water partition coefficient (Wildman–Crippen LogP) is 4.00. The summed E-state index contributed by atoms with van der Waals surface area (Å²) in [7, 11) is 0. The van der Waals surface area contributed by atoms with Crippen molar-refractivity contribution in [2.45, 2.75) is 57.7 Å². The summed E-state index contributed by atoms with van der Waals surface area (Å²) < 4.78 is 57.7. The molecule has 2 amide bonds. The zero-order chi connectivity index (χ0) is 26.0. The number of nitrogens with one attached hydrogen (secondary N) is 1. The summed E-state index contributed by atoms with van der Waals surface area (Å²) in [6.07, 6.45) is -4.74. The van der Waals surface area contributed by atoms with Crippen molar-refractivity contribution < 1.29 is 31.9 Å². The van der Waals surface area contributed by atoms with Crippen LogP contribution < -0.4 is 5.32 Å². The minimum atomic E-state index is -4.60. The average Bonchev–Trinajstić information content (AvgIpc) is 3.17. The van der Waals surface area contributed by atoms with Gasteiger partial charge in [0.05, 0.1) is 24.3 Å². The molecule has 1 aliphatic rings. The van der Waals surface area contributed by atoms with Crippen LogP contribution in [-0.2, 0) is 22.3 Å². The summed E-state index contributed by atoms with van der Waals surface area (Å²) >= 11 is 0. The van der Waals surface area contributed by atoms with Crippen molar-refractivity contribution in [1.82, 2.24) is 20.2 Å². The molecule has 35 heavy (non-hydrogen) atoms. The maximum absolute atomic E-state index is 14.0. The number of carbonyl (C=O) groups excluding carboxylic acids is 2. The minimum Gasteiger partial charge on any atom is -0.444 e. The van der Waals surface area contributed by atoms with Crippen molar-refractivity contribution in [3.05, 3.63) is 47.5 Å². The molecule has 0 aromatic carbocycles. The number of halogens is 4. The van der Waals surface area contributed by atoms with Gasteiger partial charge in [-0.15, -0.1) is 0 Å². The Morgan fingerprint density at radius 3 is 2.51 bits per heavy atom. The van der Waals surface area contributed by atoms with Crippen LogP contribution in [0.1, 0.15) is 44.1 Å². The summed E-state index contributed by atoms with van der Waals surface area (Å²) in [6, 6.07) is 4.28. The highest BCUT2D eigenvalue weighted by molar-refractivity contribution is 5.86. The Balaban J connectivity index is 1.74. The van der Waals surface area contributed by atoms with Gasteiger partial charge in [-0.25, -0.2) is 9.18 Å². The molecule has 186 valence electrons. The Morgan fingerprint density at radius 1 is 1.23 bits per heavy atom. The van der Waals surface area contributed by atoms with Gasteiger partial charge in [0.1, 0.15) is 29.6 Å². The number of aromatic nitrogens is 2.